The van der Waals surface area contributed by atoms with Crippen molar-refractivity contribution in [3.63, 3.8) is 0 Å². The number of aryl methyl sites for hydroxylation is 1. The van der Waals surface area contributed by atoms with Crippen molar-refractivity contribution in [3.8, 4) is 0 Å². The minimum Gasteiger partial charge on any atom is -0.279 e. The Morgan fingerprint density at radius 2 is 1.85 bits per heavy atom. The number of carbonyl (C=O) groups excluding carboxylic acids is 1. The maximum absolute atomic E-state index is 12.7. The van der Waals surface area contributed by atoms with Gasteiger partial charge in [0.1, 0.15) is 0 Å². The predicted octanol–water partition coefficient (Wildman–Crippen LogP) is 5.15. The first kappa shape index (κ1) is 16.8. The van der Waals surface area contributed by atoms with E-state index in [0.717, 1.165) is 23.7 Å². The van der Waals surface area contributed by atoms with Gasteiger partial charge < -0.3 is 0 Å². The van der Waals surface area contributed by atoms with E-state index in [2.05, 4.69) is 62.4 Å². The van der Waals surface area contributed by atoms with E-state index in [-0.39, 0.29) is 11.9 Å². The van der Waals surface area contributed by atoms with Crippen LogP contribution in [0.15, 0.2) is 59.1 Å². The fourth-order valence-corrected chi connectivity index (χ4v) is 5.20. The van der Waals surface area contributed by atoms with Gasteiger partial charge in [0.25, 0.3) is 0 Å². The van der Waals surface area contributed by atoms with Crippen LogP contribution in [0.3, 0.4) is 0 Å². The number of nitrogens with zero attached hydrogens (tertiary/aromatic N) is 2. The quantitative estimate of drug-likeness (QED) is 0.728. The summed E-state index contributed by atoms with van der Waals surface area (Å²) in [4.78, 5) is 19.6. The molecule has 2 aliphatic heterocycles. The molecule has 1 atom stereocenters. The maximum Gasteiger partial charge on any atom is 0.239 e. The molecule has 2 aromatic rings. The van der Waals surface area contributed by atoms with Crippen LogP contribution in [0, 0.1) is 0 Å². The largest absolute Gasteiger partial charge is 0.279 e. The van der Waals surface area contributed by atoms with Gasteiger partial charge in [-0.05, 0) is 41.0 Å². The van der Waals surface area contributed by atoms with Gasteiger partial charge in [0, 0.05) is 5.56 Å². The monoisotopic (exact) mass is 374 g/mol. The van der Waals surface area contributed by atoms with Gasteiger partial charge in [0.15, 0.2) is 5.17 Å². The van der Waals surface area contributed by atoms with Gasteiger partial charge in [-0.25, -0.2) is 4.99 Å². The van der Waals surface area contributed by atoms with Crippen LogP contribution in [0.4, 0.5) is 0 Å². The summed E-state index contributed by atoms with van der Waals surface area (Å²) in [6, 6.07) is 17.3. The van der Waals surface area contributed by atoms with E-state index in [0.29, 0.717) is 11.7 Å². The highest BCUT2D eigenvalue weighted by Crippen LogP contribution is 2.47. The number of amides is 1. The summed E-state index contributed by atoms with van der Waals surface area (Å²) < 4.78 is 0. The Kier molecular flexibility index (Phi) is 3.97. The molecule has 27 heavy (non-hydrogen) atoms. The lowest BCUT2D eigenvalue weighted by atomic mass is 9.82. The fraction of sp³-hybridized carbons (Fsp3) is 0.304. The van der Waals surface area contributed by atoms with Crippen molar-refractivity contribution in [2.75, 3.05) is 5.75 Å². The van der Waals surface area contributed by atoms with Crippen LogP contribution < -0.4 is 0 Å². The normalized spacial score (nSPS) is 21.1. The third kappa shape index (κ3) is 2.66. The summed E-state index contributed by atoms with van der Waals surface area (Å²) in [6.07, 6.45) is 1.96. The van der Waals surface area contributed by atoms with E-state index in [9.17, 15) is 4.79 Å². The molecule has 3 nitrogen and oxygen atoms in total. The van der Waals surface area contributed by atoms with Crippen LogP contribution in [-0.2, 0) is 11.2 Å². The lowest BCUT2D eigenvalue weighted by molar-refractivity contribution is -0.125. The van der Waals surface area contributed by atoms with Crippen molar-refractivity contribution in [3.05, 3.63) is 76.4 Å². The van der Waals surface area contributed by atoms with Crippen LogP contribution in [0.1, 0.15) is 54.5 Å². The molecule has 1 saturated heterocycles. The number of hydrogen-bond donors (Lipinski definition) is 0. The Labute approximate surface area is 164 Å². The van der Waals surface area contributed by atoms with E-state index in [1.807, 2.05) is 4.90 Å². The van der Waals surface area contributed by atoms with Crippen molar-refractivity contribution in [1.82, 2.24) is 4.90 Å². The Balaban J connectivity index is 1.67. The lowest BCUT2D eigenvalue weighted by Crippen LogP contribution is -2.38. The SMILES string of the molecule is CC(C)c1ccc([C@@H]2C3=C(N=C4SCC(=O)N42)c2ccccc2CC3)cc1. The Hall–Kier alpha value is -2.33. The number of thioether (sulfide) groups is 1. The highest BCUT2D eigenvalue weighted by Gasteiger charge is 2.42. The van der Waals surface area contributed by atoms with Gasteiger partial charge in [0.2, 0.25) is 5.91 Å². The Morgan fingerprint density at radius 3 is 2.63 bits per heavy atom. The second kappa shape index (κ2) is 6.38. The molecule has 3 aliphatic rings. The maximum atomic E-state index is 12.7. The topological polar surface area (TPSA) is 32.7 Å². The average Bonchev–Trinajstić information content (AvgIpc) is 3.07. The zero-order valence-electron chi connectivity index (χ0n) is 15.6. The van der Waals surface area contributed by atoms with Crippen molar-refractivity contribution in [2.45, 2.75) is 38.6 Å². The number of fused-ring (bicyclic) bond motifs is 3. The third-order valence-electron chi connectivity index (χ3n) is 5.75. The first-order valence-electron chi connectivity index (χ1n) is 9.58. The molecule has 2 aromatic carbocycles. The first-order chi connectivity index (χ1) is 13.1. The highest BCUT2D eigenvalue weighted by molar-refractivity contribution is 8.15. The second-order valence-electron chi connectivity index (χ2n) is 7.70. The standard InChI is InChI=1S/C23H22N2OS/c1-14(2)15-7-9-17(10-8-15)22-19-12-11-16-5-3-4-6-18(16)21(19)24-23-25(22)20(26)13-27-23/h3-10,14,22H,11-13H2,1-2H3/t22-/m1/s1. The number of aliphatic imine (C=N–C) groups is 1. The molecule has 0 aromatic heterocycles. The fourth-order valence-electron chi connectivity index (χ4n) is 4.31. The van der Waals surface area contributed by atoms with Gasteiger partial charge in [-0.15, -0.1) is 0 Å². The smallest absolute Gasteiger partial charge is 0.239 e. The number of hydrogen-bond acceptors (Lipinski definition) is 3. The Morgan fingerprint density at radius 1 is 1.07 bits per heavy atom. The second-order valence-corrected chi connectivity index (χ2v) is 8.64. The molecule has 2 heterocycles. The lowest BCUT2D eigenvalue weighted by Gasteiger charge is -2.37. The summed E-state index contributed by atoms with van der Waals surface area (Å²) in [5.41, 5.74) is 7.48. The van der Waals surface area contributed by atoms with E-state index in [4.69, 9.17) is 4.99 Å². The van der Waals surface area contributed by atoms with E-state index < -0.39 is 0 Å². The molecule has 1 amide bonds. The van der Waals surface area contributed by atoms with Crippen molar-refractivity contribution in [1.29, 1.82) is 0 Å². The van der Waals surface area contributed by atoms with E-state index in [1.165, 1.54) is 27.8 Å². The molecule has 0 saturated carbocycles. The first-order valence-corrected chi connectivity index (χ1v) is 10.6. The molecule has 0 bridgehead atoms. The van der Waals surface area contributed by atoms with Crippen LogP contribution in [0.5, 0.6) is 0 Å². The summed E-state index contributed by atoms with van der Waals surface area (Å²) in [7, 11) is 0. The van der Waals surface area contributed by atoms with Crippen molar-refractivity contribution >= 4 is 28.5 Å². The Bertz CT molecular complexity index is 988. The van der Waals surface area contributed by atoms with Gasteiger partial charge >= 0.3 is 0 Å². The number of carbonyl (C=O) groups is 1. The van der Waals surface area contributed by atoms with Gasteiger partial charge in [0.05, 0.1) is 17.5 Å². The predicted molar refractivity (Wildman–Crippen MR) is 112 cm³/mol. The molecule has 5 rings (SSSR count). The zero-order chi connectivity index (χ0) is 18.5. The molecule has 136 valence electrons. The van der Waals surface area contributed by atoms with Crippen LogP contribution in [-0.4, -0.2) is 21.7 Å². The van der Waals surface area contributed by atoms with Crippen molar-refractivity contribution in [2.24, 2.45) is 4.99 Å². The molecule has 0 radical (unpaired) electrons. The van der Waals surface area contributed by atoms with Gasteiger partial charge in [-0.2, -0.15) is 0 Å². The van der Waals surface area contributed by atoms with Crippen LogP contribution in [0.25, 0.3) is 5.70 Å². The average molecular weight is 375 g/mol. The molecular formula is C23H22N2OS. The molecule has 1 aliphatic carbocycles. The van der Waals surface area contributed by atoms with Crippen molar-refractivity contribution < 1.29 is 4.79 Å². The highest BCUT2D eigenvalue weighted by atomic mass is 32.2. The van der Waals surface area contributed by atoms with Crippen LogP contribution in [0.2, 0.25) is 0 Å². The van der Waals surface area contributed by atoms with E-state index in [1.54, 1.807) is 11.8 Å². The minimum atomic E-state index is -0.0235. The third-order valence-corrected chi connectivity index (χ3v) is 6.69. The molecule has 0 N–H and O–H groups in total. The van der Waals surface area contributed by atoms with Gasteiger partial charge in [-0.3, -0.25) is 9.69 Å². The number of benzene rings is 2. The zero-order valence-corrected chi connectivity index (χ0v) is 16.4. The summed E-state index contributed by atoms with van der Waals surface area (Å²) in [6.45, 7) is 4.42. The summed E-state index contributed by atoms with van der Waals surface area (Å²) >= 11 is 1.56. The summed E-state index contributed by atoms with van der Waals surface area (Å²) in [5.74, 6) is 1.16. The molecular weight excluding hydrogens is 352 g/mol. The van der Waals surface area contributed by atoms with Gasteiger partial charge in [-0.1, -0.05) is 74.1 Å². The minimum absolute atomic E-state index is 0.0235. The van der Waals surface area contributed by atoms with E-state index >= 15 is 0 Å². The molecule has 0 unspecified atom stereocenters. The number of rotatable bonds is 2. The molecule has 4 heteroatoms. The summed E-state index contributed by atoms with van der Waals surface area (Å²) in [5, 5.41) is 0.855. The number of amidine groups is 1. The van der Waals surface area contributed by atoms with Crippen LogP contribution >= 0.6 is 11.8 Å². The molecule has 0 spiro atoms. The molecule has 1 fully saturated rings.